The minimum absolute atomic E-state index is 0.0441. The molecule has 8 heteroatoms. The Morgan fingerprint density at radius 2 is 2.20 bits per heavy atom. The molecule has 30 heavy (non-hydrogen) atoms. The zero-order valence-corrected chi connectivity index (χ0v) is 17.1. The summed E-state index contributed by atoms with van der Waals surface area (Å²) in [6.45, 7) is 5.71. The predicted molar refractivity (Wildman–Crippen MR) is 113 cm³/mol. The minimum atomic E-state index is -0.0608. The average Bonchev–Trinajstić information content (AvgIpc) is 3.32. The Hall–Kier alpha value is -3.42. The van der Waals surface area contributed by atoms with E-state index in [4.69, 9.17) is 4.98 Å². The van der Waals surface area contributed by atoms with Crippen LogP contribution in [0.1, 0.15) is 47.1 Å². The van der Waals surface area contributed by atoms with Crippen molar-refractivity contribution in [2.75, 3.05) is 11.4 Å². The molecule has 2 amide bonds. The van der Waals surface area contributed by atoms with Gasteiger partial charge in [0.1, 0.15) is 0 Å². The number of aromatic nitrogens is 3. The standard InChI is InChI=1S/C22H24N6O2/c1-3-27-11-17(10-24-27)28-12-19-20(22(28)30)13(2)6-18(26-19)14-7-15(9-23-8-14)21(29)25-16-4-5-16/h6-7,9-11,16,23H,3-5,8,12H2,1-2H3,(H,25,29). The van der Waals surface area contributed by atoms with Gasteiger partial charge < -0.3 is 10.6 Å². The SMILES string of the molecule is CCn1cc(N2Cc3nc(C4=CC(C(=O)NC5CC5)=CNC4)cc(C)c3C2=O)cn1. The van der Waals surface area contributed by atoms with Crippen LogP contribution in [0, 0.1) is 6.92 Å². The first-order valence-electron chi connectivity index (χ1n) is 10.3. The van der Waals surface area contributed by atoms with E-state index in [1.165, 1.54) is 0 Å². The van der Waals surface area contributed by atoms with Gasteiger partial charge in [0.25, 0.3) is 11.8 Å². The smallest absolute Gasteiger partial charge is 0.260 e. The number of anilines is 1. The maximum atomic E-state index is 13.0. The third kappa shape index (κ3) is 3.28. The van der Waals surface area contributed by atoms with Gasteiger partial charge in [-0.1, -0.05) is 0 Å². The van der Waals surface area contributed by atoms with E-state index < -0.39 is 0 Å². The molecule has 0 spiro atoms. The Bertz CT molecular complexity index is 1110. The molecule has 4 heterocycles. The summed E-state index contributed by atoms with van der Waals surface area (Å²) < 4.78 is 1.80. The summed E-state index contributed by atoms with van der Waals surface area (Å²) in [5.41, 5.74) is 5.43. The van der Waals surface area contributed by atoms with Gasteiger partial charge in [0.05, 0.1) is 41.0 Å². The molecule has 154 valence electrons. The summed E-state index contributed by atoms with van der Waals surface area (Å²) in [5, 5.41) is 10.5. The van der Waals surface area contributed by atoms with Gasteiger partial charge in [-0.25, -0.2) is 0 Å². The Morgan fingerprint density at radius 3 is 2.93 bits per heavy atom. The number of carbonyl (C=O) groups excluding carboxylic acids is 2. The number of pyridine rings is 1. The zero-order chi connectivity index (χ0) is 20.8. The first-order chi connectivity index (χ1) is 14.5. The Balaban J connectivity index is 1.43. The molecular formula is C22H24N6O2. The van der Waals surface area contributed by atoms with Crippen molar-refractivity contribution in [1.29, 1.82) is 0 Å². The third-order valence-electron chi connectivity index (χ3n) is 5.70. The predicted octanol–water partition coefficient (Wildman–Crippen LogP) is 1.92. The Morgan fingerprint density at radius 1 is 1.37 bits per heavy atom. The van der Waals surface area contributed by atoms with Crippen LogP contribution in [-0.4, -0.2) is 39.2 Å². The van der Waals surface area contributed by atoms with Crippen molar-refractivity contribution in [1.82, 2.24) is 25.4 Å². The van der Waals surface area contributed by atoms with Crippen molar-refractivity contribution in [2.45, 2.75) is 45.8 Å². The van der Waals surface area contributed by atoms with Crippen molar-refractivity contribution < 1.29 is 9.59 Å². The highest BCUT2D eigenvalue weighted by molar-refractivity contribution is 6.10. The summed E-state index contributed by atoms with van der Waals surface area (Å²) >= 11 is 0. The van der Waals surface area contributed by atoms with Crippen LogP contribution in [0.15, 0.2) is 36.3 Å². The fourth-order valence-electron chi connectivity index (χ4n) is 3.88. The number of hydrogen-bond donors (Lipinski definition) is 2. The van der Waals surface area contributed by atoms with Gasteiger partial charge in [-0.15, -0.1) is 0 Å². The van der Waals surface area contributed by atoms with Crippen molar-refractivity contribution in [3.05, 3.63) is 58.8 Å². The van der Waals surface area contributed by atoms with Gasteiger partial charge in [-0.2, -0.15) is 5.10 Å². The summed E-state index contributed by atoms with van der Waals surface area (Å²) in [4.78, 5) is 31.9. The first-order valence-corrected chi connectivity index (χ1v) is 10.3. The number of hydrogen-bond acceptors (Lipinski definition) is 5. The number of rotatable bonds is 5. The molecule has 1 fully saturated rings. The van der Waals surface area contributed by atoms with E-state index >= 15 is 0 Å². The van der Waals surface area contributed by atoms with E-state index in [1.54, 1.807) is 22.0 Å². The molecule has 2 aliphatic heterocycles. The molecule has 0 unspecified atom stereocenters. The van der Waals surface area contributed by atoms with Crippen LogP contribution in [0.2, 0.25) is 0 Å². The third-order valence-corrected chi connectivity index (χ3v) is 5.70. The Kier molecular flexibility index (Phi) is 4.42. The number of dihydropyridines is 1. The van der Waals surface area contributed by atoms with Crippen LogP contribution in [-0.2, 0) is 17.9 Å². The van der Waals surface area contributed by atoms with Gasteiger partial charge >= 0.3 is 0 Å². The topological polar surface area (TPSA) is 92.2 Å². The number of aryl methyl sites for hydroxylation is 2. The second kappa shape index (κ2) is 7.12. The van der Waals surface area contributed by atoms with E-state index in [1.807, 2.05) is 32.2 Å². The summed E-state index contributed by atoms with van der Waals surface area (Å²) in [7, 11) is 0. The zero-order valence-electron chi connectivity index (χ0n) is 17.1. The molecule has 2 N–H and O–H groups in total. The number of nitrogens with one attached hydrogen (secondary N) is 2. The van der Waals surface area contributed by atoms with E-state index in [9.17, 15) is 9.59 Å². The van der Waals surface area contributed by atoms with Gasteiger partial charge in [0.15, 0.2) is 0 Å². The second-order valence-electron chi connectivity index (χ2n) is 7.99. The highest BCUT2D eigenvalue weighted by Crippen LogP contribution is 2.31. The quantitative estimate of drug-likeness (QED) is 0.794. The molecule has 2 aromatic heterocycles. The van der Waals surface area contributed by atoms with Gasteiger partial charge in [0.2, 0.25) is 0 Å². The van der Waals surface area contributed by atoms with E-state index in [0.29, 0.717) is 30.3 Å². The van der Waals surface area contributed by atoms with E-state index in [-0.39, 0.29) is 11.8 Å². The lowest BCUT2D eigenvalue weighted by Crippen LogP contribution is -2.29. The van der Waals surface area contributed by atoms with Gasteiger partial charge in [-0.05, 0) is 50.0 Å². The second-order valence-corrected chi connectivity index (χ2v) is 7.99. The average molecular weight is 404 g/mol. The van der Waals surface area contributed by atoms with Crippen LogP contribution in [0.4, 0.5) is 5.69 Å². The van der Waals surface area contributed by atoms with Crippen molar-refractivity contribution in [3.63, 3.8) is 0 Å². The molecular weight excluding hydrogens is 380 g/mol. The lowest BCUT2D eigenvalue weighted by molar-refractivity contribution is -0.117. The molecule has 3 aliphatic rings. The number of amides is 2. The number of carbonyl (C=O) groups is 2. The first kappa shape index (κ1) is 18.6. The molecule has 0 aromatic carbocycles. The fourth-order valence-corrected chi connectivity index (χ4v) is 3.88. The van der Waals surface area contributed by atoms with Crippen molar-refractivity contribution >= 4 is 23.1 Å². The molecule has 1 aliphatic carbocycles. The van der Waals surface area contributed by atoms with Crippen LogP contribution in [0.25, 0.3) is 5.57 Å². The van der Waals surface area contributed by atoms with Crippen molar-refractivity contribution in [3.8, 4) is 0 Å². The Labute approximate surface area is 174 Å². The maximum Gasteiger partial charge on any atom is 0.260 e. The lowest BCUT2D eigenvalue weighted by atomic mass is 10.0. The monoisotopic (exact) mass is 404 g/mol. The summed E-state index contributed by atoms with van der Waals surface area (Å²) in [6.07, 6.45) is 9.34. The van der Waals surface area contributed by atoms with E-state index in [2.05, 4.69) is 15.7 Å². The normalized spacial score (nSPS) is 17.9. The summed E-state index contributed by atoms with van der Waals surface area (Å²) in [6, 6.07) is 2.25. The molecule has 0 atom stereocenters. The van der Waals surface area contributed by atoms with Crippen LogP contribution >= 0.6 is 0 Å². The molecule has 5 rings (SSSR count). The lowest BCUT2D eigenvalue weighted by Gasteiger charge is -2.16. The molecule has 0 radical (unpaired) electrons. The van der Waals surface area contributed by atoms with Crippen LogP contribution < -0.4 is 15.5 Å². The minimum Gasteiger partial charge on any atom is -0.386 e. The highest BCUT2D eigenvalue weighted by Gasteiger charge is 2.33. The van der Waals surface area contributed by atoms with Crippen molar-refractivity contribution in [2.24, 2.45) is 0 Å². The van der Waals surface area contributed by atoms with Gasteiger partial charge in [-0.3, -0.25) is 24.2 Å². The largest absolute Gasteiger partial charge is 0.386 e. The van der Waals surface area contributed by atoms with E-state index in [0.717, 1.165) is 47.6 Å². The summed E-state index contributed by atoms with van der Waals surface area (Å²) in [5.74, 6) is -0.105. The highest BCUT2D eigenvalue weighted by atomic mass is 16.2. The number of nitrogens with zero attached hydrogens (tertiary/aromatic N) is 4. The molecule has 2 aromatic rings. The maximum absolute atomic E-state index is 13.0. The molecule has 0 bridgehead atoms. The van der Waals surface area contributed by atoms with Crippen LogP contribution in [0.3, 0.4) is 0 Å². The fraction of sp³-hybridized carbons (Fsp3) is 0.364. The van der Waals surface area contributed by atoms with Gasteiger partial charge in [0, 0.05) is 31.5 Å². The molecule has 8 nitrogen and oxygen atoms in total. The number of fused-ring (bicyclic) bond motifs is 1. The molecule has 1 saturated carbocycles. The molecule has 0 saturated heterocycles. The van der Waals surface area contributed by atoms with Crippen LogP contribution in [0.5, 0.6) is 0 Å².